The van der Waals surface area contributed by atoms with Crippen LogP contribution in [0.25, 0.3) is 0 Å². The third kappa shape index (κ3) is 3.76. The molecule has 0 unspecified atom stereocenters. The predicted octanol–water partition coefficient (Wildman–Crippen LogP) is 3.07. The van der Waals surface area contributed by atoms with E-state index in [1.54, 1.807) is 0 Å². The second-order valence-corrected chi connectivity index (χ2v) is 7.75. The first-order valence-corrected chi connectivity index (χ1v) is 7.53. The minimum Gasteiger partial charge on any atom is -0.469 e. The quantitative estimate of drug-likeness (QED) is 0.612. The van der Waals surface area contributed by atoms with Crippen molar-refractivity contribution < 1.29 is 13.2 Å². The van der Waals surface area contributed by atoms with Crippen molar-refractivity contribution in [3.05, 3.63) is 24.3 Å². The summed E-state index contributed by atoms with van der Waals surface area (Å²) in [6.07, 6.45) is 0. The zero-order valence-corrected chi connectivity index (χ0v) is 11.4. The lowest BCUT2D eigenvalue weighted by atomic mass is 10.3. The minimum atomic E-state index is -3.65. The summed E-state index contributed by atoms with van der Waals surface area (Å²) in [6, 6.07) is 5.79. The van der Waals surface area contributed by atoms with Gasteiger partial charge >= 0.3 is 0 Å². The number of alkyl halides is 2. The van der Waals surface area contributed by atoms with Crippen LogP contribution in [0.2, 0.25) is 0 Å². The molecule has 0 aliphatic carbocycles. The second kappa shape index (κ2) is 4.83. The maximum Gasteiger partial charge on any atom is 0.261 e. The summed E-state index contributed by atoms with van der Waals surface area (Å²) in [5, 5.41) is 0. The fraction of sp³-hybridized carbons (Fsp3) is 0.143. The van der Waals surface area contributed by atoms with Gasteiger partial charge < -0.3 is 4.74 Å². The van der Waals surface area contributed by atoms with Crippen molar-refractivity contribution in [2.45, 2.75) is 8.82 Å². The summed E-state index contributed by atoms with van der Waals surface area (Å²) in [5.74, 6) is 0.535. The van der Waals surface area contributed by atoms with Crippen molar-refractivity contribution in [1.29, 1.82) is 0 Å². The van der Waals surface area contributed by atoms with Crippen LogP contribution >= 0.6 is 42.5 Å². The van der Waals surface area contributed by atoms with Crippen LogP contribution < -0.4 is 4.74 Å². The van der Waals surface area contributed by atoms with Crippen LogP contribution in [-0.4, -0.2) is 12.3 Å². The van der Waals surface area contributed by atoms with Crippen molar-refractivity contribution in [2.75, 3.05) is 0 Å². The van der Waals surface area contributed by atoms with Crippen LogP contribution in [0.3, 0.4) is 0 Å². The summed E-state index contributed by atoms with van der Waals surface area (Å²) in [4.78, 5) is 0.0483. The van der Waals surface area contributed by atoms with E-state index < -0.39 is 9.05 Å². The highest BCUT2D eigenvalue weighted by molar-refractivity contribution is 9.24. The van der Waals surface area contributed by atoms with Crippen LogP contribution in [-0.2, 0) is 9.05 Å². The molecule has 0 amide bonds. The van der Waals surface area contributed by atoms with E-state index in [1.807, 2.05) is 0 Å². The average molecular weight is 364 g/mol. The summed E-state index contributed by atoms with van der Waals surface area (Å²) in [6.45, 7) is 0. The average Bonchev–Trinajstić information content (AvgIpc) is 2.02. The van der Waals surface area contributed by atoms with E-state index >= 15 is 0 Å². The van der Waals surface area contributed by atoms with Gasteiger partial charge in [-0.2, -0.15) is 0 Å². The van der Waals surface area contributed by atoms with Crippen molar-refractivity contribution in [3.63, 3.8) is 0 Å². The SMILES string of the molecule is O=S(=O)(Cl)c1ccc(OC(Br)Br)cc1. The lowest BCUT2D eigenvalue weighted by Crippen LogP contribution is -1.98. The van der Waals surface area contributed by atoms with Crippen molar-refractivity contribution >= 4 is 51.6 Å². The van der Waals surface area contributed by atoms with E-state index in [4.69, 9.17) is 15.4 Å². The molecule has 1 rings (SSSR count). The van der Waals surface area contributed by atoms with E-state index in [2.05, 4.69) is 31.9 Å². The topological polar surface area (TPSA) is 43.4 Å². The molecule has 1 aromatic rings. The van der Waals surface area contributed by atoms with Gasteiger partial charge in [0.25, 0.3) is 9.05 Å². The van der Waals surface area contributed by atoms with Gasteiger partial charge in [0, 0.05) is 10.7 Å². The Kier molecular flexibility index (Phi) is 4.24. The van der Waals surface area contributed by atoms with Crippen LogP contribution in [0, 0.1) is 0 Å². The number of hydrogen-bond donors (Lipinski definition) is 0. The van der Waals surface area contributed by atoms with Gasteiger partial charge in [-0.25, -0.2) is 8.42 Å². The van der Waals surface area contributed by atoms with Gasteiger partial charge in [-0.3, -0.25) is 0 Å². The molecule has 0 saturated carbocycles. The molecular weight excluding hydrogens is 359 g/mol. The number of hydrogen-bond acceptors (Lipinski definition) is 3. The van der Waals surface area contributed by atoms with Gasteiger partial charge in [0.05, 0.1) is 4.90 Å². The molecule has 0 aromatic heterocycles. The Morgan fingerprint density at radius 2 is 1.71 bits per heavy atom. The fourth-order valence-electron chi connectivity index (χ4n) is 0.784. The largest absolute Gasteiger partial charge is 0.469 e. The molecule has 0 spiro atoms. The zero-order chi connectivity index (χ0) is 10.8. The molecule has 0 bridgehead atoms. The normalized spacial score (nSPS) is 11.7. The van der Waals surface area contributed by atoms with Gasteiger partial charge in [0.1, 0.15) is 5.75 Å². The molecule has 0 aliphatic heterocycles. The molecule has 0 atom stereocenters. The Hall–Kier alpha value is 0.220. The third-order valence-electron chi connectivity index (χ3n) is 1.33. The van der Waals surface area contributed by atoms with Gasteiger partial charge in [-0.1, -0.05) is 0 Å². The molecule has 0 N–H and O–H groups in total. The van der Waals surface area contributed by atoms with Gasteiger partial charge in [0.15, 0.2) is 0 Å². The Morgan fingerprint density at radius 1 is 1.21 bits per heavy atom. The number of rotatable bonds is 3. The standard InChI is InChI=1S/C7H5Br2ClO3S/c8-7(9)13-5-1-3-6(4-2-5)14(10,11)12/h1-4,7H. The Labute approximate surface area is 103 Å². The van der Waals surface area contributed by atoms with E-state index in [0.29, 0.717) is 5.75 Å². The molecule has 3 nitrogen and oxygen atoms in total. The Morgan fingerprint density at radius 3 is 2.07 bits per heavy atom. The van der Waals surface area contributed by atoms with Crippen LogP contribution in [0.15, 0.2) is 29.2 Å². The van der Waals surface area contributed by atoms with Crippen molar-refractivity contribution in [2.24, 2.45) is 0 Å². The van der Waals surface area contributed by atoms with E-state index in [-0.39, 0.29) is 8.82 Å². The van der Waals surface area contributed by atoms with Crippen molar-refractivity contribution in [3.8, 4) is 5.75 Å². The highest BCUT2D eigenvalue weighted by Crippen LogP contribution is 2.22. The first kappa shape index (κ1) is 12.3. The van der Waals surface area contributed by atoms with Crippen LogP contribution in [0.4, 0.5) is 0 Å². The molecule has 78 valence electrons. The van der Waals surface area contributed by atoms with E-state index in [1.165, 1.54) is 24.3 Å². The summed E-state index contributed by atoms with van der Waals surface area (Å²) < 4.78 is 26.6. The first-order chi connectivity index (χ1) is 6.39. The number of halogens is 3. The van der Waals surface area contributed by atoms with Crippen LogP contribution in [0.1, 0.15) is 0 Å². The predicted molar refractivity (Wildman–Crippen MR) is 61.8 cm³/mol. The maximum absolute atomic E-state index is 10.9. The summed E-state index contributed by atoms with van der Waals surface area (Å²) >= 11 is 6.24. The lowest BCUT2D eigenvalue weighted by Gasteiger charge is -2.06. The minimum absolute atomic E-state index is 0.0483. The second-order valence-electron chi connectivity index (χ2n) is 2.29. The lowest BCUT2D eigenvalue weighted by molar-refractivity contribution is 0.376. The molecule has 0 radical (unpaired) electrons. The molecule has 1 aromatic carbocycles. The van der Waals surface area contributed by atoms with Crippen LogP contribution in [0.5, 0.6) is 5.75 Å². The molecule has 0 saturated heterocycles. The fourth-order valence-corrected chi connectivity index (χ4v) is 1.99. The molecule has 0 aliphatic rings. The Bertz CT molecular complexity index is 401. The molecule has 0 heterocycles. The number of benzene rings is 1. The highest BCUT2D eigenvalue weighted by Gasteiger charge is 2.09. The first-order valence-electron chi connectivity index (χ1n) is 3.39. The zero-order valence-electron chi connectivity index (χ0n) is 6.65. The maximum atomic E-state index is 10.9. The summed E-state index contributed by atoms with van der Waals surface area (Å²) in [5.41, 5.74) is 0. The van der Waals surface area contributed by atoms with Gasteiger partial charge in [0.2, 0.25) is 3.92 Å². The molecule has 0 fully saturated rings. The van der Waals surface area contributed by atoms with Gasteiger partial charge in [-0.05, 0) is 56.1 Å². The number of ether oxygens (including phenoxy) is 1. The summed E-state index contributed by atoms with van der Waals surface area (Å²) in [7, 11) is 1.47. The smallest absolute Gasteiger partial charge is 0.261 e. The highest BCUT2D eigenvalue weighted by atomic mass is 79.9. The molecule has 14 heavy (non-hydrogen) atoms. The van der Waals surface area contributed by atoms with Crippen molar-refractivity contribution in [1.82, 2.24) is 0 Å². The monoisotopic (exact) mass is 362 g/mol. The van der Waals surface area contributed by atoms with Gasteiger partial charge in [-0.15, -0.1) is 0 Å². The Balaban J connectivity index is 2.90. The van der Waals surface area contributed by atoms with E-state index in [0.717, 1.165) is 0 Å². The molecular formula is C7H5Br2ClO3S. The third-order valence-corrected chi connectivity index (χ3v) is 3.07. The van der Waals surface area contributed by atoms with E-state index in [9.17, 15) is 8.42 Å². The molecule has 7 heteroatoms.